The normalized spacial score (nSPS) is 24.8. The van der Waals surface area contributed by atoms with Crippen LogP contribution in [0.4, 0.5) is 5.69 Å². The van der Waals surface area contributed by atoms with E-state index >= 15 is 0 Å². The minimum atomic E-state index is -0.895. The van der Waals surface area contributed by atoms with Crippen LogP contribution in [-0.4, -0.2) is 29.1 Å². The summed E-state index contributed by atoms with van der Waals surface area (Å²) in [5.41, 5.74) is 0.573. The molecule has 0 spiro atoms. The zero-order valence-corrected chi connectivity index (χ0v) is 12.3. The quantitative estimate of drug-likeness (QED) is 0.893. The van der Waals surface area contributed by atoms with Gasteiger partial charge in [0.1, 0.15) is 5.75 Å². The highest BCUT2D eigenvalue weighted by atomic mass is 16.4. The Kier molecular flexibility index (Phi) is 4.50. The van der Waals surface area contributed by atoms with Crippen LogP contribution in [0.3, 0.4) is 0 Å². The number of carboxylic acids is 1. The van der Waals surface area contributed by atoms with Gasteiger partial charge in [-0.15, -0.1) is 0 Å². The van der Waals surface area contributed by atoms with Gasteiger partial charge in [0.2, 0.25) is 5.91 Å². The predicted molar refractivity (Wildman–Crippen MR) is 79.1 cm³/mol. The van der Waals surface area contributed by atoms with E-state index in [4.69, 9.17) is 0 Å². The highest BCUT2D eigenvalue weighted by molar-refractivity contribution is 5.97. The van der Waals surface area contributed by atoms with E-state index in [1.54, 1.807) is 19.2 Å². The third kappa shape index (κ3) is 3.17. The SMILES string of the molecule is CCC1CC(C(=O)O)C(C(=O)N(C)c2cccc(O)c2)C1. The van der Waals surface area contributed by atoms with E-state index in [0.29, 0.717) is 18.5 Å². The highest BCUT2D eigenvalue weighted by Crippen LogP contribution is 2.39. The van der Waals surface area contributed by atoms with Crippen LogP contribution in [0.25, 0.3) is 0 Å². The van der Waals surface area contributed by atoms with Gasteiger partial charge < -0.3 is 15.1 Å². The first-order valence-corrected chi connectivity index (χ1v) is 7.23. The molecule has 1 aromatic rings. The zero-order chi connectivity index (χ0) is 15.6. The molecule has 1 amide bonds. The zero-order valence-electron chi connectivity index (χ0n) is 12.3. The molecule has 114 valence electrons. The second kappa shape index (κ2) is 6.16. The maximum Gasteiger partial charge on any atom is 0.307 e. The smallest absolute Gasteiger partial charge is 0.307 e. The van der Waals surface area contributed by atoms with E-state index in [1.165, 1.54) is 17.0 Å². The molecule has 5 heteroatoms. The van der Waals surface area contributed by atoms with E-state index in [-0.39, 0.29) is 17.6 Å². The van der Waals surface area contributed by atoms with Crippen LogP contribution in [0.5, 0.6) is 5.75 Å². The van der Waals surface area contributed by atoms with Gasteiger partial charge in [-0.1, -0.05) is 19.4 Å². The van der Waals surface area contributed by atoms with Gasteiger partial charge in [-0.05, 0) is 30.9 Å². The van der Waals surface area contributed by atoms with Crippen LogP contribution in [0.2, 0.25) is 0 Å². The molecule has 0 saturated heterocycles. The number of carbonyl (C=O) groups excluding carboxylic acids is 1. The van der Waals surface area contributed by atoms with Crippen LogP contribution in [0, 0.1) is 17.8 Å². The molecular weight excluding hydrogens is 270 g/mol. The molecule has 3 atom stereocenters. The van der Waals surface area contributed by atoms with Gasteiger partial charge in [-0.25, -0.2) is 0 Å². The summed E-state index contributed by atoms with van der Waals surface area (Å²) >= 11 is 0. The fourth-order valence-electron chi connectivity index (χ4n) is 3.10. The van der Waals surface area contributed by atoms with Gasteiger partial charge in [0, 0.05) is 18.8 Å². The van der Waals surface area contributed by atoms with Crippen molar-refractivity contribution >= 4 is 17.6 Å². The van der Waals surface area contributed by atoms with Crippen molar-refractivity contribution in [2.75, 3.05) is 11.9 Å². The first-order valence-electron chi connectivity index (χ1n) is 7.23. The van der Waals surface area contributed by atoms with Gasteiger partial charge in [0.15, 0.2) is 0 Å². The summed E-state index contributed by atoms with van der Waals surface area (Å²) in [7, 11) is 1.62. The van der Waals surface area contributed by atoms with Gasteiger partial charge in [0.25, 0.3) is 0 Å². The average molecular weight is 291 g/mol. The van der Waals surface area contributed by atoms with E-state index in [1.807, 2.05) is 6.92 Å². The number of amides is 1. The Morgan fingerprint density at radius 3 is 2.52 bits per heavy atom. The Hall–Kier alpha value is -2.04. The maximum atomic E-state index is 12.6. The first kappa shape index (κ1) is 15.4. The molecule has 1 aromatic carbocycles. The Labute approximate surface area is 124 Å². The minimum Gasteiger partial charge on any atom is -0.508 e. The summed E-state index contributed by atoms with van der Waals surface area (Å²) < 4.78 is 0. The molecule has 2 rings (SSSR count). The molecule has 0 aliphatic heterocycles. The lowest BCUT2D eigenvalue weighted by atomic mass is 9.94. The van der Waals surface area contributed by atoms with Crippen molar-refractivity contribution in [3.8, 4) is 5.75 Å². The lowest BCUT2D eigenvalue weighted by molar-refractivity contribution is -0.145. The molecule has 3 unspecified atom stereocenters. The van der Waals surface area contributed by atoms with E-state index in [0.717, 1.165) is 6.42 Å². The van der Waals surface area contributed by atoms with Crippen molar-refractivity contribution in [2.45, 2.75) is 26.2 Å². The fourth-order valence-corrected chi connectivity index (χ4v) is 3.10. The van der Waals surface area contributed by atoms with Crippen LogP contribution >= 0.6 is 0 Å². The number of phenols is 1. The number of benzene rings is 1. The van der Waals surface area contributed by atoms with Crippen LogP contribution in [0.1, 0.15) is 26.2 Å². The third-order valence-electron chi connectivity index (χ3n) is 4.42. The highest BCUT2D eigenvalue weighted by Gasteiger charge is 2.43. The lowest BCUT2D eigenvalue weighted by Crippen LogP contribution is -2.36. The van der Waals surface area contributed by atoms with Gasteiger partial charge in [-0.2, -0.15) is 0 Å². The number of hydrogen-bond donors (Lipinski definition) is 2. The van der Waals surface area contributed by atoms with Crippen molar-refractivity contribution in [1.82, 2.24) is 0 Å². The average Bonchev–Trinajstić information content (AvgIpc) is 2.90. The first-order chi connectivity index (χ1) is 9.93. The van der Waals surface area contributed by atoms with Crippen molar-refractivity contribution < 1.29 is 19.8 Å². The molecule has 1 saturated carbocycles. The molecule has 2 N–H and O–H groups in total. The molecule has 0 radical (unpaired) electrons. The standard InChI is InChI=1S/C16H21NO4/c1-3-10-7-13(14(8-10)16(20)21)15(19)17(2)11-5-4-6-12(18)9-11/h4-6,9-10,13-14,18H,3,7-8H2,1-2H3,(H,20,21). The monoisotopic (exact) mass is 291 g/mol. The second-order valence-electron chi connectivity index (χ2n) is 5.71. The number of aliphatic carboxylic acids is 1. The fraction of sp³-hybridized carbons (Fsp3) is 0.500. The summed E-state index contributed by atoms with van der Waals surface area (Å²) in [6, 6.07) is 6.41. The largest absolute Gasteiger partial charge is 0.508 e. The number of carbonyl (C=O) groups is 2. The summed E-state index contributed by atoms with van der Waals surface area (Å²) in [6.07, 6.45) is 2.08. The lowest BCUT2D eigenvalue weighted by Gasteiger charge is -2.23. The van der Waals surface area contributed by atoms with Crippen molar-refractivity contribution in [3.05, 3.63) is 24.3 Å². The Bertz CT molecular complexity index is 543. The van der Waals surface area contributed by atoms with E-state index in [2.05, 4.69) is 0 Å². The predicted octanol–water partition coefficient (Wildman–Crippen LogP) is 2.49. The topological polar surface area (TPSA) is 77.8 Å². The van der Waals surface area contributed by atoms with E-state index in [9.17, 15) is 19.8 Å². The molecular formula is C16H21NO4. The summed E-state index contributed by atoms with van der Waals surface area (Å²) in [5.74, 6) is -1.81. The minimum absolute atomic E-state index is 0.0831. The van der Waals surface area contributed by atoms with Crippen molar-refractivity contribution in [3.63, 3.8) is 0 Å². The van der Waals surface area contributed by atoms with Gasteiger partial charge in [0.05, 0.1) is 11.8 Å². The molecule has 5 nitrogen and oxygen atoms in total. The number of nitrogens with zero attached hydrogens (tertiary/aromatic N) is 1. The maximum absolute atomic E-state index is 12.6. The number of aromatic hydroxyl groups is 1. The number of anilines is 1. The molecule has 0 aromatic heterocycles. The van der Waals surface area contributed by atoms with Crippen LogP contribution < -0.4 is 4.90 Å². The van der Waals surface area contributed by atoms with Crippen molar-refractivity contribution in [1.29, 1.82) is 0 Å². The van der Waals surface area contributed by atoms with Gasteiger partial charge in [-0.3, -0.25) is 9.59 Å². The molecule has 21 heavy (non-hydrogen) atoms. The summed E-state index contributed by atoms with van der Waals surface area (Å²) in [5, 5.41) is 18.8. The van der Waals surface area contributed by atoms with Gasteiger partial charge >= 0.3 is 5.97 Å². The summed E-state index contributed by atoms with van der Waals surface area (Å²) in [6.45, 7) is 2.02. The Morgan fingerprint density at radius 1 is 1.29 bits per heavy atom. The molecule has 0 heterocycles. The molecule has 1 aliphatic carbocycles. The van der Waals surface area contributed by atoms with E-state index < -0.39 is 17.8 Å². The number of phenolic OH excluding ortho intramolecular Hbond substituents is 1. The molecule has 0 bridgehead atoms. The van der Waals surface area contributed by atoms with Crippen LogP contribution in [0.15, 0.2) is 24.3 Å². The second-order valence-corrected chi connectivity index (χ2v) is 5.71. The van der Waals surface area contributed by atoms with Crippen molar-refractivity contribution in [2.24, 2.45) is 17.8 Å². The van der Waals surface area contributed by atoms with Crippen LogP contribution in [-0.2, 0) is 9.59 Å². The third-order valence-corrected chi connectivity index (χ3v) is 4.42. The summed E-state index contributed by atoms with van der Waals surface area (Å²) in [4.78, 5) is 25.4. The molecule has 1 aliphatic rings. The number of carboxylic acid groups (broad SMARTS) is 1. The Morgan fingerprint density at radius 2 is 1.95 bits per heavy atom. The number of rotatable bonds is 4. The Balaban J connectivity index is 2.19. The molecule has 1 fully saturated rings. The number of hydrogen-bond acceptors (Lipinski definition) is 3.